The number of hydrogen-bond acceptors (Lipinski definition) is 3. The monoisotopic (exact) mass is 287 g/mol. The number of piperidine rings is 1. The highest BCUT2D eigenvalue weighted by Gasteiger charge is 2.24. The van der Waals surface area contributed by atoms with Crippen LogP contribution in [0.5, 0.6) is 0 Å². The molecular weight excluding hydrogens is 258 g/mol. The molecule has 0 unspecified atom stereocenters. The molecule has 0 amide bonds. The lowest BCUT2D eigenvalue weighted by molar-refractivity contribution is 0.381. The number of hydrogen-bond donors (Lipinski definition) is 1. The van der Waals surface area contributed by atoms with Gasteiger partial charge in [-0.25, -0.2) is 4.98 Å². The van der Waals surface area contributed by atoms with Gasteiger partial charge >= 0.3 is 0 Å². The molecule has 2 fully saturated rings. The lowest BCUT2D eigenvalue weighted by Gasteiger charge is -2.33. The summed E-state index contributed by atoms with van der Waals surface area (Å²) in [6.45, 7) is 10.2. The Morgan fingerprint density at radius 1 is 1.14 bits per heavy atom. The molecule has 21 heavy (non-hydrogen) atoms. The van der Waals surface area contributed by atoms with E-state index in [1.165, 1.54) is 37.8 Å². The van der Waals surface area contributed by atoms with Crippen LogP contribution in [0.1, 0.15) is 52.0 Å². The second kappa shape index (κ2) is 5.96. The molecule has 0 radical (unpaired) electrons. The summed E-state index contributed by atoms with van der Waals surface area (Å²) in [6, 6.07) is 5.28. The molecule has 1 aromatic rings. The van der Waals surface area contributed by atoms with Crippen LogP contribution >= 0.6 is 0 Å². The van der Waals surface area contributed by atoms with Crippen LogP contribution in [-0.4, -0.2) is 30.7 Å². The Morgan fingerprint density at radius 3 is 2.38 bits per heavy atom. The van der Waals surface area contributed by atoms with Crippen LogP contribution in [0.3, 0.4) is 0 Å². The van der Waals surface area contributed by atoms with Crippen molar-refractivity contribution >= 4 is 5.82 Å². The van der Waals surface area contributed by atoms with E-state index in [0.29, 0.717) is 0 Å². The fourth-order valence-corrected chi connectivity index (χ4v) is 3.00. The van der Waals surface area contributed by atoms with E-state index in [2.05, 4.69) is 54.3 Å². The maximum atomic E-state index is 4.69. The van der Waals surface area contributed by atoms with Gasteiger partial charge in [0.25, 0.3) is 0 Å². The third-order valence-corrected chi connectivity index (χ3v) is 4.82. The fraction of sp³-hybridized carbons (Fsp3) is 0.722. The van der Waals surface area contributed by atoms with E-state index in [0.717, 1.165) is 30.9 Å². The minimum absolute atomic E-state index is 0.188. The molecule has 1 aromatic heterocycles. The first-order chi connectivity index (χ1) is 10.0. The minimum Gasteiger partial charge on any atom is -0.357 e. The predicted octanol–water partition coefficient (Wildman–Crippen LogP) is 3.35. The van der Waals surface area contributed by atoms with Gasteiger partial charge in [0.2, 0.25) is 0 Å². The Balaban J connectivity index is 1.51. The zero-order chi connectivity index (χ0) is 14.9. The van der Waals surface area contributed by atoms with Gasteiger partial charge in [0.15, 0.2) is 0 Å². The van der Waals surface area contributed by atoms with Gasteiger partial charge in [-0.05, 0) is 55.2 Å². The molecule has 0 spiro atoms. The summed E-state index contributed by atoms with van der Waals surface area (Å²) in [7, 11) is 0. The Hall–Kier alpha value is -1.09. The fourth-order valence-electron chi connectivity index (χ4n) is 3.00. The second-order valence-corrected chi connectivity index (χ2v) is 7.77. The van der Waals surface area contributed by atoms with Gasteiger partial charge in [0.05, 0.1) is 0 Å². The van der Waals surface area contributed by atoms with Gasteiger partial charge in [-0.2, -0.15) is 0 Å². The quantitative estimate of drug-likeness (QED) is 0.920. The van der Waals surface area contributed by atoms with Crippen molar-refractivity contribution in [2.75, 3.05) is 24.5 Å². The number of pyridine rings is 1. The molecular formula is C18H29N3. The summed E-state index contributed by atoms with van der Waals surface area (Å²) < 4.78 is 0. The summed E-state index contributed by atoms with van der Waals surface area (Å²) in [6.07, 6.45) is 7.42. The van der Waals surface area contributed by atoms with Crippen molar-refractivity contribution in [1.29, 1.82) is 0 Å². The smallest absolute Gasteiger partial charge is 0.128 e. The van der Waals surface area contributed by atoms with Gasteiger partial charge in [0, 0.05) is 25.3 Å². The lowest BCUT2D eigenvalue weighted by Crippen LogP contribution is -2.38. The Kier molecular flexibility index (Phi) is 4.21. The van der Waals surface area contributed by atoms with Gasteiger partial charge in [-0.3, -0.25) is 0 Å². The molecule has 1 aliphatic carbocycles. The Bertz CT molecular complexity index is 448. The third-order valence-electron chi connectivity index (χ3n) is 4.82. The van der Waals surface area contributed by atoms with E-state index < -0.39 is 0 Å². The van der Waals surface area contributed by atoms with Crippen molar-refractivity contribution < 1.29 is 0 Å². The molecule has 0 bridgehead atoms. The maximum absolute atomic E-state index is 4.69. The molecule has 0 aromatic carbocycles. The van der Waals surface area contributed by atoms with Gasteiger partial charge in [0.1, 0.15) is 5.82 Å². The maximum Gasteiger partial charge on any atom is 0.128 e. The summed E-state index contributed by atoms with van der Waals surface area (Å²) >= 11 is 0. The highest BCUT2D eigenvalue weighted by molar-refractivity contribution is 5.40. The standard InChI is InChI=1S/C18H29N3/c1-18(2,3)15-4-7-17(20-13-15)21-10-8-14(9-11-21)12-19-16-5-6-16/h4,7,13-14,16,19H,5-6,8-12H2,1-3H3. The zero-order valence-electron chi connectivity index (χ0n) is 13.7. The Labute approximate surface area is 129 Å². The zero-order valence-corrected chi connectivity index (χ0v) is 13.7. The second-order valence-electron chi connectivity index (χ2n) is 7.77. The molecule has 3 rings (SSSR count). The third kappa shape index (κ3) is 3.97. The molecule has 1 aliphatic heterocycles. The van der Waals surface area contributed by atoms with E-state index in [1.807, 2.05) is 0 Å². The molecule has 3 nitrogen and oxygen atoms in total. The number of rotatable bonds is 4. The molecule has 2 aliphatic rings. The molecule has 3 heteroatoms. The normalized spacial score (nSPS) is 20.8. The van der Waals surface area contributed by atoms with Crippen molar-refractivity contribution in [2.45, 2.75) is 57.9 Å². The number of anilines is 1. The highest BCUT2D eigenvalue weighted by Crippen LogP contribution is 2.26. The van der Waals surface area contributed by atoms with Crippen molar-refractivity contribution in [3.63, 3.8) is 0 Å². The van der Waals surface area contributed by atoms with Crippen molar-refractivity contribution in [3.05, 3.63) is 23.9 Å². The largest absolute Gasteiger partial charge is 0.357 e. The first-order valence-electron chi connectivity index (χ1n) is 8.47. The SMILES string of the molecule is CC(C)(C)c1ccc(N2CCC(CNC3CC3)CC2)nc1. The van der Waals surface area contributed by atoms with E-state index in [-0.39, 0.29) is 5.41 Å². The van der Waals surface area contributed by atoms with Crippen LogP contribution in [0, 0.1) is 5.92 Å². The van der Waals surface area contributed by atoms with Gasteiger partial charge < -0.3 is 10.2 Å². The molecule has 0 atom stereocenters. The highest BCUT2D eigenvalue weighted by atomic mass is 15.2. The topological polar surface area (TPSA) is 28.2 Å². The molecule has 1 N–H and O–H groups in total. The van der Waals surface area contributed by atoms with Crippen LogP contribution in [0.15, 0.2) is 18.3 Å². The van der Waals surface area contributed by atoms with E-state index >= 15 is 0 Å². The Morgan fingerprint density at radius 2 is 1.86 bits per heavy atom. The van der Waals surface area contributed by atoms with Crippen LogP contribution in [-0.2, 0) is 5.41 Å². The van der Waals surface area contributed by atoms with Crippen LogP contribution < -0.4 is 10.2 Å². The average Bonchev–Trinajstić information content (AvgIpc) is 3.29. The van der Waals surface area contributed by atoms with Gasteiger partial charge in [-0.1, -0.05) is 26.8 Å². The predicted molar refractivity (Wildman–Crippen MR) is 88.9 cm³/mol. The van der Waals surface area contributed by atoms with Crippen molar-refractivity contribution in [3.8, 4) is 0 Å². The summed E-state index contributed by atoms with van der Waals surface area (Å²) in [4.78, 5) is 7.13. The van der Waals surface area contributed by atoms with E-state index in [4.69, 9.17) is 0 Å². The molecule has 1 saturated carbocycles. The summed E-state index contributed by atoms with van der Waals surface area (Å²) in [5, 5.41) is 3.67. The van der Waals surface area contributed by atoms with E-state index in [9.17, 15) is 0 Å². The first-order valence-corrected chi connectivity index (χ1v) is 8.47. The van der Waals surface area contributed by atoms with Gasteiger partial charge in [-0.15, -0.1) is 0 Å². The first kappa shape index (κ1) is 14.8. The van der Waals surface area contributed by atoms with Crippen molar-refractivity contribution in [2.24, 2.45) is 5.92 Å². The lowest BCUT2D eigenvalue weighted by atomic mass is 9.88. The molecule has 1 saturated heterocycles. The number of nitrogens with zero attached hydrogens (tertiary/aromatic N) is 2. The summed E-state index contributed by atoms with van der Waals surface area (Å²) in [5.41, 5.74) is 1.50. The van der Waals surface area contributed by atoms with Crippen LogP contribution in [0.2, 0.25) is 0 Å². The van der Waals surface area contributed by atoms with E-state index in [1.54, 1.807) is 0 Å². The molecule has 2 heterocycles. The molecule has 116 valence electrons. The van der Waals surface area contributed by atoms with Crippen LogP contribution in [0.25, 0.3) is 0 Å². The summed E-state index contributed by atoms with van der Waals surface area (Å²) in [5.74, 6) is 2.01. The van der Waals surface area contributed by atoms with Crippen molar-refractivity contribution in [1.82, 2.24) is 10.3 Å². The number of aromatic nitrogens is 1. The average molecular weight is 287 g/mol. The minimum atomic E-state index is 0.188. The number of nitrogens with one attached hydrogen (secondary N) is 1. The van der Waals surface area contributed by atoms with Crippen LogP contribution in [0.4, 0.5) is 5.82 Å².